The van der Waals surface area contributed by atoms with Crippen molar-refractivity contribution in [2.45, 2.75) is 30.9 Å². The van der Waals surface area contributed by atoms with Gasteiger partial charge in [-0.1, -0.05) is 0 Å². The van der Waals surface area contributed by atoms with Crippen LogP contribution in [-0.2, 0) is 34.0 Å². The molecule has 11 heteroatoms. The minimum Gasteiger partial charge on any atom is -0.455 e. The molecule has 0 atom stereocenters. The molecular weight excluding hydrogens is 330 g/mol. The highest BCUT2D eigenvalue weighted by Gasteiger charge is 2.45. The lowest BCUT2D eigenvalue weighted by Crippen LogP contribution is -2.35. The summed E-state index contributed by atoms with van der Waals surface area (Å²) in [5.41, 5.74) is 0. The van der Waals surface area contributed by atoms with E-state index in [0.29, 0.717) is 0 Å². The van der Waals surface area contributed by atoms with Crippen molar-refractivity contribution in [1.29, 1.82) is 0 Å². The third kappa shape index (κ3) is 5.30. The highest BCUT2D eigenvalue weighted by atomic mass is 32.2. The fraction of sp³-hybridized carbons (Fsp3) is 0.727. The summed E-state index contributed by atoms with van der Waals surface area (Å²) >= 11 is 0. The normalized spacial score (nSPS) is 17.1. The number of rotatable bonds is 6. The molecule has 0 aliphatic heterocycles. The standard InChI is InChI=1S/C11H14F2O8S/c12-11(13,22(17,18)19)6-21-9(15)5-20-10(16)7-1-3-8(14)4-2-7/h7H,1-6H2,(H,17,18,19). The lowest BCUT2D eigenvalue weighted by Gasteiger charge is -2.19. The average molecular weight is 344 g/mol. The van der Waals surface area contributed by atoms with E-state index in [4.69, 9.17) is 4.55 Å². The molecule has 126 valence electrons. The molecule has 8 nitrogen and oxygen atoms in total. The molecule has 0 aromatic heterocycles. The Bertz CT molecular complexity index is 546. The second-order valence-electron chi connectivity index (χ2n) is 4.69. The van der Waals surface area contributed by atoms with Crippen molar-refractivity contribution in [2.24, 2.45) is 5.92 Å². The molecule has 0 aromatic carbocycles. The fourth-order valence-corrected chi connectivity index (χ4v) is 1.91. The minimum absolute atomic E-state index is 0.0240. The molecule has 1 rings (SSSR count). The average Bonchev–Trinajstić information content (AvgIpc) is 2.42. The van der Waals surface area contributed by atoms with Gasteiger partial charge in [0.25, 0.3) is 0 Å². The van der Waals surface area contributed by atoms with Crippen molar-refractivity contribution in [1.82, 2.24) is 0 Å². The zero-order valence-electron chi connectivity index (χ0n) is 11.3. The number of hydrogen-bond donors (Lipinski definition) is 1. The molecule has 0 saturated heterocycles. The molecule has 22 heavy (non-hydrogen) atoms. The van der Waals surface area contributed by atoms with E-state index in [1.165, 1.54) is 0 Å². The van der Waals surface area contributed by atoms with Gasteiger partial charge in [0, 0.05) is 12.8 Å². The number of hydrogen-bond acceptors (Lipinski definition) is 7. The molecule has 0 heterocycles. The van der Waals surface area contributed by atoms with Crippen molar-refractivity contribution >= 4 is 27.8 Å². The first-order chi connectivity index (χ1) is 10.0. The Morgan fingerprint density at radius 2 is 1.77 bits per heavy atom. The van der Waals surface area contributed by atoms with E-state index in [-0.39, 0.29) is 31.5 Å². The molecule has 0 unspecified atom stereocenters. The second-order valence-corrected chi connectivity index (χ2v) is 6.24. The molecule has 1 aliphatic carbocycles. The number of Topliss-reactive ketones (excluding diaryl/α,β-unsaturated/α-hetero) is 1. The van der Waals surface area contributed by atoms with Crippen LogP contribution in [0.15, 0.2) is 0 Å². The van der Waals surface area contributed by atoms with Gasteiger partial charge in [-0.2, -0.15) is 17.2 Å². The first-order valence-electron chi connectivity index (χ1n) is 6.22. The summed E-state index contributed by atoms with van der Waals surface area (Å²) in [4.78, 5) is 33.6. The van der Waals surface area contributed by atoms with Crippen LogP contribution in [0.3, 0.4) is 0 Å². The van der Waals surface area contributed by atoms with Gasteiger partial charge in [0.1, 0.15) is 5.78 Å². The van der Waals surface area contributed by atoms with Crippen LogP contribution in [0, 0.1) is 5.92 Å². The number of halogens is 2. The molecule has 1 fully saturated rings. The third-order valence-electron chi connectivity index (χ3n) is 2.99. The van der Waals surface area contributed by atoms with Crippen LogP contribution < -0.4 is 0 Å². The van der Waals surface area contributed by atoms with E-state index in [1.54, 1.807) is 0 Å². The van der Waals surface area contributed by atoms with Gasteiger partial charge in [-0.3, -0.25) is 14.1 Å². The van der Waals surface area contributed by atoms with Crippen LogP contribution in [0.5, 0.6) is 0 Å². The first-order valence-corrected chi connectivity index (χ1v) is 7.66. The second kappa shape index (κ2) is 7.09. The topological polar surface area (TPSA) is 124 Å². The maximum atomic E-state index is 12.8. The molecule has 1 aliphatic rings. The van der Waals surface area contributed by atoms with E-state index in [1.807, 2.05) is 0 Å². The summed E-state index contributed by atoms with van der Waals surface area (Å²) < 4.78 is 62.7. The van der Waals surface area contributed by atoms with Gasteiger partial charge in [-0.25, -0.2) is 4.79 Å². The van der Waals surface area contributed by atoms with Crippen LogP contribution >= 0.6 is 0 Å². The molecule has 0 aromatic rings. The largest absolute Gasteiger partial charge is 0.455 e. The van der Waals surface area contributed by atoms with E-state index in [2.05, 4.69) is 9.47 Å². The molecule has 0 amide bonds. The quantitative estimate of drug-likeness (QED) is 0.539. The van der Waals surface area contributed by atoms with E-state index in [0.717, 1.165) is 0 Å². The van der Waals surface area contributed by atoms with Crippen LogP contribution in [0.25, 0.3) is 0 Å². The smallest absolute Gasteiger partial charge is 0.402 e. The number of esters is 2. The number of ether oxygens (including phenoxy) is 2. The molecule has 0 spiro atoms. The Morgan fingerprint density at radius 1 is 1.23 bits per heavy atom. The zero-order valence-corrected chi connectivity index (χ0v) is 12.1. The van der Waals surface area contributed by atoms with E-state index >= 15 is 0 Å². The summed E-state index contributed by atoms with van der Waals surface area (Å²) in [6.07, 6.45) is 1.02. The highest BCUT2D eigenvalue weighted by Crippen LogP contribution is 2.23. The number of carbonyl (C=O) groups is 3. The van der Waals surface area contributed by atoms with Crippen molar-refractivity contribution in [3.05, 3.63) is 0 Å². The monoisotopic (exact) mass is 344 g/mol. The van der Waals surface area contributed by atoms with Crippen molar-refractivity contribution < 1.29 is 45.6 Å². The number of ketones is 1. The van der Waals surface area contributed by atoms with Gasteiger partial charge >= 0.3 is 27.3 Å². The maximum absolute atomic E-state index is 12.8. The lowest BCUT2D eigenvalue weighted by molar-refractivity contribution is -0.165. The van der Waals surface area contributed by atoms with Gasteiger partial charge in [0.05, 0.1) is 5.92 Å². The number of alkyl halides is 2. The van der Waals surface area contributed by atoms with E-state index < -0.39 is 46.4 Å². The van der Waals surface area contributed by atoms with Crippen LogP contribution in [0.1, 0.15) is 25.7 Å². The Labute approximate surface area is 124 Å². The molecule has 1 saturated carbocycles. The van der Waals surface area contributed by atoms with Gasteiger partial charge in [-0.15, -0.1) is 0 Å². The lowest BCUT2D eigenvalue weighted by atomic mass is 9.88. The summed E-state index contributed by atoms with van der Waals surface area (Å²) in [6, 6.07) is 0. The third-order valence-corrected chi connectivity index (χ3v) is 3.86. The van der Waals surface area contributed by atoms with Gasteiger partial charge in [0.15, 0.2) is 13.2 Å². The Balaban J connectivity index is 2.34. The Hall–Kier alpha value is -1.62. The Morgan fingerprint density at radius 3 is 2.27 bits per heavy atom. The predicted octanol–water partition coefficient (Wildman–Crippen LogP) is 0.313. The summed E-state index contributed by atoms with van der Waals surface area (Å²) in [5.74, 6) is -2.67. The summed E-state index contributed by atoms with van der Waals surface area (Å²) in [5, 5.41) is -4.64. The number of carbonyl (C=O) groups excluding carboxylic acids is 3. The maximum Gasteiger partial charge on any atom is 0.402 e. The minimum atomic E-state index is -5.70. The fourth-order valence-electron chi connectivity index (χ4n) is 1.70. The molecule has 1 N–H and O–H groups in total. The Kier molecular flexibility index (Phi) is 5.94. The highest BCUT2D eigenvalue weighted by molar-refractivity contribution is 7.86. The van der Waals surface area contributed by atoms with Crippen molar-refractivity contribution in [3.8, 4) is 0 Å². The summed E-state index contributed by atoms with van der Waals surface area (Å²) in [7, 11) is -5.70. The van der Waals surface area contributed by atoms with Crippen LogP contribution in [-0.4, -0.2) is 49.2 Å². The van der Waals surface area contributed by atoms with Crippen molar-refractivity contribution in [2.75, 3.05) is 13.2 Å². The van der Waals surface area contributed by atoms with Gasteiger partial charge in [-0.05, 0) is 12.8 Å². The first kappa shape index (κ1) is 18.4. The van der Waals surface area contributed by atoms with E-state index in [9.17, 15) is 31.6 Å². The van der Waals surface area contributed by atoms with Crippen LogP contribution in [0.2, 0.25) is 0 Å². The summed E-state index contributed by atoms with van der Waals surface area (Å²) in [6.45, 7) is -2.86. The SMILES string of the molecule is O=C1CCC(C(=O)OCC(=O)OCC(F)(F)S(=O)(=O)O)CC1. The van der Waals surface area contributed by atoms with Gasteiger partial charge < -0.3 is 9.47 Å². The van der Waals surface area contributed by atoms with Gasteiger partial charge in [0.2, 0.25) is 0 Å². The zero-order chi connectivity index (χ0) is 17.0. The molecule has 0 bridgehead atoms. The molecular formula is C11H14F2O8S. The predicted molar refractivity (Wildman–Crippen MR) is 65.4 cm³/mol. The molecule has 0 radical (unpaired) electrons. The van der Waals surface area contributed by atoms with Crippen LogP contribution in [0.4, 0.5) is 8.78 Å². The van der Waals surface area contributed by atoms with Crippen molar-refractivity contribution in [3.63, 3.8) is 0 Å².